The lowest BCUT2D eigenvalue weighted by molar-refractivity contribution is -0.136. The zero-order chi connectivity index (χ0) is 16.2. The van der Waals surface area contributed by atoms with Gasteiger partial charge in [-0.2, -0.15) is 0 Å². The Balaban J connectivity index is 1.57. The van der Waals surface area contributed by atoms with Crippen LogP contribution in [0.5, 0.6) is 11.5 Å². The van der Waals surface area contributed by atoms with E-state index in [1.54, 1.807) is 24.3 Å². The summed E-state index contributed by atoms with van der Waals surface area (Å²) in [7, 11) is 0. The van der Waals surface area contributed by atoms with Gasteiger partial charge in [-0.3, -0.25) is 9.59 Å². The summed E-state index contributed by atoms with van der Waals surface area (Å²) in [4.78, 5) is 23.5. The maximum Gasteiger partial charge on any atom is 0.313 e. The van der Waals surface area contributed by atoms with Crippen molar-refractivity contribution in [3.63, 3.8) is 0 Å². The predicted octanol–water partition coefficient (Wildman–Crippen LogP) is 1.81. The fourth-order valence-electron chi connectivity index (χ4n) is 2.06. The van der Waals surface area contributed by atoms with Crippen LogP contribution in [0.3, 0.4) is 0 Å². The predicted molar refractivity (Wildman–Crippen MR) is 79.4 cm³/mol. The van der Waals surface area contributed by atoms with E-state index in [1.165, 1.54) is 18.2 Å². The molecule has 1 heterocycles. The molecular weight excluding hydrogens is 303 g/mol. The van der Waals surface area contributed by atoms with Crippen LogP contribution in [-0.4, -0.2) is 18.6 Å². The summed E-state index contributed by atoms with van der Waals surface area (Å²) in [6.45, 7) is 0.302. The molecule has 0 aromatic heterocycles. The van der Waals surface area contributed by atoms with E-state index in [4.69, 9.17) is 9.47 Å². The van der Waals surface area contributed by atoms with E-state index in [9.17, 15) is 14.0 Å². The molecule has 0 fully saturated rings. The highest BCUT2D eigenvalue weighted by molar-refractivity contribution is 6.39. The van der Waals surface area contributed by atoms with Gasteiger partial charge in [0.15, 0.2) is 11.5 Å². The maximum absolute atomic E-state index is 13.4. The standard InChI is InChI=1S/C16H13FN2O4/c17-11-3-1-2-4-12(11)19-16(21)15(20)18-8-10-5-6-13-14(7-10)23-9-22-13/h1-7H,8-9H2,(H,18,20)(H,19,21). The van der Waals surface area contributed by atoms with E-state index in [0.717, 1.165) is 5.56 Å². The Kier molecular flexibility index (Phi) is 4.09. The smallest absolute Gasteiger partial charge is 0.313 e. The lowest BCUT2D eigenvalue weighted by Crippen LogP contribution is -2.35. The third-order valence-corrected chi connectivity index (χ3v) is 3.22. The van der Waals surface area contributed by atoms with Crippen LogP contribution in [0.15, 0.2) is 42.5 Å². The fourth-order valence-corrected chi connectivity index (χ4v) is 2.06. The Morgan fingerprint density at radius 1 is 1.04 bits per heavy atom. The summed E-state index contributed by atoms with van der Waals surface area (Å²) < 4.78 is 23.8. The topological polar surface area (TPSA) is 76.7 Å². The molecule has 1 aliphatic heterocycles. The monoisotopic (exact) mass is 316 g/mol. The molecule has 1 aliphatic rings. The molecule has 2 aromatic rings. The molecule has 7 heteroatoms. The number of halogens is 1. The summed E-state index contributed by atoms with van der Waals surface area (Å²) >= 11 is 0. The average Bonchev–Trinajstić information content (AvgIpc) is 3.02. The Morgan fingerprint density at radius 2 is 1.83 bits per heavy atom. The van der Waals surface area contributed by atoms with Crippen molar-refractivity contribution in [2.75, 3.05) is 12.1 Å². The van der Waals surface area contributed by atoms with Gasteiger partial charge in [0.05, 0.1) is 5.69 Å². The van der Waals surface area contributed by atoms with Gasteiger partial charge in [0.1, 0.15) is 5.82 Å². The molecule has 118 valence electrons. The number of carbonyl (C=O) groups excluding carboxylic acids is 2. The number of carbonyl (C=O) groups is 2. The number of anilines is 1. The minimum absolute atomic E-state index is 0.0456. The van der Waals surface area contributed by atoms with Crippen LogP contribution in [-0.2, 0) is 16.1 Å². The van der Waals surface area contributed by atoms with Gasteiger partial charge in [0.2, 0.25) is 6.79 Å². The van der Waals surface area contributed by atoms with E-state index in [0.29, 0.717) is 11.5 Å². The highest BCUT2D eigenvalue weighted by Crippen LogP contribution is 2.32. The number of hydrogen-bond donors (Lipinski definition) is 2. The first-order valence-electron chi connectivity index (χ1n) is 6.86. The zero-order valence-corrected chi connectivity index (χ0v) is 12.0. The van der Waals surface area contributed by atoms with Gasteiger partial charge in [-0.05, 0) is 29.8 Å². The number of para-hydroxylation sites is 1. The van der Waals surface area contributed by atoms with E-state index in [-0.39, 0.29) is 19.0 Å². The Hall–Kier alpha value is -3.09. The molecular formula is C16H13FN2O4. The second kappa shape index (κ2) is 6.35. The molecule has 3 rings (SSSR count). The first kappa shape index (κ1) is 14.8. The Labute approximate surface area is 131 Å². The number of rotatable bonds is 3. The molecule has 2 N–H and O–H groups in total. The maximum atomic E-state index is 13.4. The average molecular weight is 316 g/mol. The van der Waals surface area contributed by atoms with Crippen molar-refractivity contribution >= 4 is 17.5 Å². The van der Waals surface area contributed by atoms with Crippen LogP contribution in [0.25, 0.3) is 0 Å². The number of ether oxygens (including phenoxy) is 2. The quantitative estimate of drug-likeness (QED) is 0.847. The van der Waals surface area contributed by atoms with Crippen molar-refractivity contribution in [1.29, 1.82) is 0 Å². The van der Waals surface area contributed by atoms with E-state index in [2.05, 4.69) is 10.6 Å². The first-order chi connectivity index (χ1) is 11.1. The molecule has 0 atom stereocenters. The van der Waals surface area contributed by atoms with Crippen molar-refractivity contribution in [3.8, 4) is 11.5 Å². The normalized spacial score (nSPS) is 11.9. The number of hydrogen-bond acceptors (Lipinski definition) is 4. The van der Waals surface area contributed by atoms with E-state index >= 15 is 0 Å². The van der Waals surface area contributed by atoms with Crippen molar-refractivity contribution in [2.45, 2.75) is 6.54 Å². The lowest BCUT2D eigenvalue weighted by atomic mass is 10.2. The number of amides is 2. The van der Waals surface area contributed by atoms with E-state index in [1.807, 2.05) is 0 Å². The molecule has 2 amide bonds. The molecule has 6 nitrogen and oxygen atoms in total. The van der Waals surface area contributed by atoms with Gasteiger partial charge in [-0.1, -0.05) is 18.2 Å². The zero-order valence-electron chi connectivity index (χ0n) is 12.0. The SMILES string of the molecule is O=C(NCc1ccc2c(c1)OCO2)C(=O)Nc1ccccc1F. The largest absolute Gasteiger partial charge is 0.454 e. The van der Waals surface area contributed by atoms with Crippen LogP contribution in [0.4, 0.5) is 10.1 Å². The molecule has 0 saturated heterocycles. The molecule has 2 aromatic carbocycles. The van der Waals surface area contributed by atoms with Gasteiger partial charge in [-0.25, -0.2) is 4.39 Å². The Bertz CT molecular complexity index is 763. The lowest BCUT2D eigenvalue weighted by Gasteiger charge is -2.07. The summed E-state index contributed by atoms with van der Waals surface area (Å²) in [6, 6.07) is 10.8. The van der Waals surface area contributed by atoms with Crippen molar-refractivity contribution in [2.24, 2.45) is 0 Å². The van der Waals surface area contributed by atoms with Gasteiger partial charge in [-0.15, -0.1) is 0 Å². The number of fused-ring (bicyclic) bond motifs is 1. The van der Waals surface area contributed by atoms with E-state index < -0.39 is 17.6 Å². The molecule has 0 unspecified atom stereocenters. The minimum atomic E-state index is -0.934. The fraction of sp³-hybridized carbons (Fsp3) is 0.125. The second-order valence-electron chi connectivity index (χ2n) is 4.80. The van der Waals surface area contributed by atoms with Gasteiger partial charge >= 0.3 is 11.8 Å². The van der Waals surface area contributed by atoms with Crippen LogP contribution in [0, 0.1) is 5.82 Å². The minimum Gasteiger partial charge on any atom is -0.454 e. The molecule has 0 aliphatic carbocycles. The van der Waals surface area contributed by atoms with Crippen molar-refractivity contribution in [1.82, 2.24) is 5.32 Å². The molecule has 0 saturated carbocycles. The highest BCUT2D eigenvalue weighted by atomic mass is 19.1. The van der Waals surface area contributed by atoms with Crippen LogP contribution < -0.4 is 20.1 Å². The van der Waals surface area contributed by atoms with Crippen molar-refractivity contribution < 1.29 is 23.5 Å². The van der Waals surface area contributed by atoms with Gasteiger partial charge in [0, 0.05) is 6.54 Å². The van der Waals surface area contributed by atoms with Gasteiger partial charge < -0.3 is 20.1 Å². The second-order valence-corrected chi connectivity index (χ2v) is 4.80. The molecule has 0 radical (unpaired) electrons. The summed E-state index contributed by atoms with van der Waals surface area (Å²) in [6.07, 6.45) is 0. The number of benzene rings is 2. The van der Waals surface area contributed by atoms with Crippen LogP contribution in [0.1, 0.15) is 5.56 Å². The summed E-state index contributed by atoms with van der Waals surface area (Å²) in [5.74, 6) is -1.17. The van der Waals surface area contributed by atoms with Crippen LogP contribution in [0.2, 0.25) is 0 Å². The first-order valence-corrected chi connectivity index (χ1v) is 6.86. The highest BCUT2D eigenvalue weighted by Gasteiger charge is 2.16. The van der Waals surface area contributed by atoms with Crippen LogP contribution >= 0.6 is 0 Å². The molecule has 23 heavy (non-hydrogen) atoms. The summed E-state index contributed by atoms with van der Waals surface area (Å²) in [5, 5.41) is 4.68. The third kappa shape index (κ3) is 3.39. The number of nitrogens with one attached hydrogen (secondary N) is 2. The molecule has 0 spiro atoms. The third-order valence-electron chi connectivity index (χ3n) is 3.22. The summed E-state index contributed by atoms with van der Waals surface area (Å²) in [5.41, 5.74) is 0.706. The van der Waals surface area contributed by atoms with Crippen molar-refractivity contribution in [3.05, 3.63) is 53.8 Å². The Morgan fingerprint density at radius 3 is 2.65 bits per heavy atom. The molecule has 0 bridgehead atoms. The van der Waals surface area contributed by atoms with Gasteiger partial charge in [0.25, 0.3) is 0 Å².